The molecule has 0 saturated carbocycles. The fourth-order valence-corrected chi connectivity index (χ4v) is 0.269. The molecule has 0 aliphatic carbocycles. The average molecular weight is 114 g/mol. The van der Waals surface area contributed by atoms with Gasteiger partial charge in [-0.15, -0.1) is 0 Å². The highest BCUT2D eigenvalue weighted by atomic mass is 16.1. The van der Waals surface area contributed by atoms with E-state index in [0.717, 1.165) is 0 Å². The third-order valence-corrected chi connectivity index (χ3v) is 0.559. The summed E-state index contributed by atoms with van der Waals surface area (Å²) < 4.78 is 0. The fourth-order valence-electron chi connectivity index (χ4n) is 0.269. The van der Waals surface area contributed by atoms with Crippen LogP contribution in [0.25, 0.3) is 0 Å². The molecule has 0 aromatic carbocycles. The van der Waals surface area contributed by atoms with Crippen molar-refractivity contribution in [1.82, 2.24) is 11.5 Å². The minimum atomic E-state index is -0.0949. The predicted molar refractivity (Wildman–Crippen MR) is 34.3 cm³/mol. The van der Waals surface area contributed by atoms with Gasteiger partial charge >= 0.3 is 0 Å². The van der Waals surface area contributed by atoms with E-state index >= 15 is 0 Å². The molecule has 0 fully saturated rings. The zero-order chi connectivity index (χ0) is 5.70. The monoisotopic (exact) mass is 114 g/mol. The molecular formula is C4H11BN2O. The molecule has 0 heterocycles. The van der Waals surface area contributed by atoms with Gasteiger partial charge in [0.15, 0.2) is 0 Å². The van der Waals surface area contributed by atoms with Gasteiger partial charge in [0.25, 0.3) is 0 Å². The minimum Gasteiger partial charge on any atom is -0.357 e. The topological polar surface area (TPSA) is 64.1 Å². The van der Waals surface area contributed by atoms with E-state index in [0.29, 0.717) is 6.54 Å². The highest BCUT2D eigenvalue weighted by molar-refractivity contribution is 6.19. The van der Waals surface area contributed by atoms with Crippen molar-refractivity contribution in [3.05, 3.63) is 0 Å². The summed E-state index contributed by atoms with van der Waals surface area (Å²) in [7, 11) is 4.95. The molecule has 46 valence electrons. The lowest BCUT2D eigenvalue weighted by Crippen LogP contribution is -2.21. The zero-order valence-electron chi connectivity index (χ0n) is 5.11. The van der Waals surface area contributed by atoms with Crippen molar-refractivity contribution in [1.29, 1.82) is 0 Å². The van der Waals surface area contributed by atoms with Crippen LogP contribution in [0.2, 0.25) is 6.32 Å². The van der Waals surface area contributed by atoms with Crippen LogP contribution in [0.1, 0.15) is 6.92 Å². The van der Waals surface area contributed by atoms with Crippen LogP contribution >= 0.6 is 0 Å². The second kappa shape index (κ2) is 6.49. The van der Waals surface area contributed by atoms with Crippen LogP contribution in [0.4, 0.5) is 0 Å². The summed E-state index contributed by atoms with van der Waals surface area (Å²) >= 11 is 0. The Labute approximate surface area is 50.8 Å². The van der Waals surface area contributed by atoms with E-state index in [4.69, 9.17) is 7.85 Å². The molecule has 0 rings (SSSR count). The van der Waals surface area contributed by atoms with Gasteiger partial charge in [0, 0.05) is 6.54 Å². The number of rotatable bonds is 2. The van der Waals surface area contributed by atoms with Crippen LogP contribution in [0, 0.1) is 0 Å². The SMILES string of the molecule is N.[B]CC(=O)NCC. The lowest BCUT2D eigenvalue weighted by atomic mass is 10.1. The molecule has 0 unspecified atom stereocenters. The molecule has 4 heteroatoms. The summed E-state index contributed by atoms with van der Waals surface area (Å²) in [6, 6.07) is 0. The van der Waals surface area contributed by atoms with E-state index in [9.17, 15) is 4.79 Å². The summed E-state index contributed by atoms with van der Waals surface area (Å²) in [6.07, 6.45) is 0.0911. The van der Waals surface area contributed by atoms with Gasteiger partial charge in [0.05, 0.1) is 7.85 Å². The Morgan fingerprint density at radius 2 is 2.25 bits per heavy atom. The molecule has 0 atom stereocenters. The summed E-state index contributed by atoms with van der Waals surface area (Å²) in [6.45, 7) is 2.52. The highest BCUT2D eigenvalue weighted by Crippen LogP contribution is 1.67. The lowest BCUT2D eigenvalue weighted by molar-refractivity contribution is -0.118. The molecule has 0 aliphatic heterocycles. The van der Waals surface area contributed by atoms with Gasteiger partial charge in [0.1, 0.15) is 0 Å². The molecule has 0 aliphatic rings. The second-order valence-electron chi connectivity index (χ2n) is 1.16. The minimum absolute atomic E-state index is 0. The van der Waals surface area contributed by atoms with Gasteiger partial charge in [-0.25, -0.2) is 0 Å². The van der Waals surface area contributed by atoms with E-state index in [1.807, 2.05) is 6.92 Å². The Morgan fingerprint density at radius 3 is 2.38 bits per heavy atom. The first-order valence-electron chi connectivity index (χ1n) is 2.28. The van der Waals surface area contributed by atoms with E-state index in [1.165, 1.54) is 0 Å². The predicted octanol–water partition coefficient (Wildman–Crippen LogP) is -0.129. The van der Waals surface area contributed by atoms with E-state index in [1.54, 1.807) is 0 Å². The molecular weight excluding hydrogens is 103 g/mol. The summed E-state index contributed by atoms with van der Waals surface area (Å²) in [5, 5.41) is 2.53. The molecule has 2 radical (unpaired) electrons. The third kappa shape index (κ3) is 5.49. The Hall–Kier alpha value is -0.505. The van der Waals surface area contributed by atoms with E-state index in [-0.39, 0.29) is 18.4 Å². The first kappa shape index (κ1) is 10.5. The van der Waals surface area contributed by atoms with E-state index in [2.05, 4.69) is 5.32 Å². The fraction of sp³-hybridized carbons (Fsp3) is 0.750. The quantitative estimate of drug-likeness (QED) is 0.491. The number of carbonyl (C=O) groups excluding carboxylic acids is 1. The van der Waals surface area contributed by atoms with Crippen LogP contribution in [0.3, 0.4) is 0 Å². The molecule has 0 saturated heterocycles. The summed E-state index contributed by atoms with van der Waals surface area (Å²) in [4.78, 5) is 10.2. The Kier molecular flexibility index (Phi) is 8.50. The van der Waals surface area contributed by atoms with Crippen LogP contribution in [0.5, 0.6) is 0 Å². The standard InChI is InChI=1S/C4H8BNO.H3N/c1-2-6-4(7)3-5;/h2-3H2,1H3,(H,6,7);1H3. The molecule has 8 heavy (non-hydrogen) atoms. The third-order valence-electron chi connectivity index (χ3n) is 0.559. The second-order valence-corrected chi connectivity index (χ2v) is 1.16. The van der Waals surface area contributed by atoms with Gasteiger partial charge in [-0.3, -0.25) is 4.79 Å². The van der Waals surface area contributed by atoms with Crippen molar-refractivity contribution in [2.75, 3.05) is 6.54 Å². The van der Waals surface area contributed by atoms with Crippen molar-refractivity contribution in [2.45, 2.75) is 13.2 Å². The smallest absolute Gasteiger partial charge is 0.211 e. The zero-order valence-corrected chi connectivity index (χ0v) is 5.11. The Balaban J connectivity index is 0. The first-order valence-corrected chi connectivity index (χ1v) is 2.28. The van der Waals surface area contributed by atoms with Crippen molar-refractivity contribution >= 4 is 13.8 Å². The number of carbonyl (C=O) groups is 1. The molecule has 1 amide bonds. The van der Waals surface area contributed by atoms with Crippen molar-refractivity contribution in [3.63, 3.8) is 0 Å². The highest BCUT2D eigenvalue weighted by Gasteiger charge is 1.88. The summed E-state index contributed by atoms with van der Waals surface area (Å²) in [5.74, 6) is -0.0949. The van der Waals surface area contributed by atoms with Crippen LogP contribution in [0.15, 0.2) is 0 Å². The van der Waals surface area contributed by atoms with Gasteiger partial charge in [-0.1, -0.05) is 0 Å². The van der Waals surface area contributed by atoms with Crippen LogP contribution < -0.4 is 11.5 Å². The van der Waals surface area contributed by atoms with Gasteiger partial charge < -0.3 is 11.5 Å². The first-order chi connectivity index (χ1) is 3.31. The molecule has 3 nitrogen and oxygen atoms in total. The summed E-state index contributed by atoms with van der Waals surface area (Å²) in [5.41, 5.74) is 0. The van der Waals surface area contributed by atoms with Gasteiger partial charge in [0.2, 0.25) is 5.91 Å². The molecule has 0 bridgehead atoms. The van der Waals surface area contributed by atoms with Gasteiger partial charge in [-0.05, 0) is 13.2 Å². The normalized spacial score (nSPS) is 7.12. The average Bonchev–Trinajstić information content (AvgIpc) is 1.68. The number of hydrogen-bond acceptors (Lipinski definition) is 2. The largest absolute Gasteiger partial charge is 0.357 e. The van der Waals surface area contributed by atoms with Crippen molar-refractivity contribution < 1.29 is 4.79 Å². The number of hydrogen-bond donors (Lipinski definition) is 2. The van der Waals surface area contributed by atoms with Crippen molar-refractivity contribution in [3.8, 4) is 0 Å². The number of amides is 1. The Bertz CT molecular complexity index is 67.1. The Morgan fingerprint density at radius 1 is 1.75 bits per heavy atom. The van der Waals surface area contributed by atoms with Gasteiger partial charge in [-0.2, -0.15) is 0 Å². The lowest BCUT2D eigenvalue weighted by Gasteiger charge is -1.93. The van der Waals surface area contributed by atoms with Crippen LogP contribution in [-0.4, -0.2) is 20.3 Å². The molecule has 0 spiro atoms. The molecule has 4 N–H and O–H groups in total. The maximum Gasteiger partial charge on any atom is 0.211 e. The molecule has 0 aromatic rings. The number of nitrogens with one attached hydrogen (secondary N) is 1. The van der Waals surface area contributed by atoms with Crippen LogP contribution in [-0.2, 0) is 4.79 Å². The maximum atomic E-state index is 10.2. The maximum absolute atomic E-state index is 10.2. The molecule has 0 aromatic heterocycles. The van der Waals surface area contributed by atoms with E-state index < -0.39 is 0 Å². The van der Waals surface area contributed by atoms with Crippen molar-refractivity contribution in [2.24, 2.45) is 0 Å².